The van der Waals surface area contributed by atoms with Gasteiger partial charge in [-0.1, -0.05) is 66.2 Å². The van der Waals surface area contributed by atoms with Crippen LogP contribution in [0.5, 0.6) is 0 Å². The van der Waals surface area contributed by atoms with E-state index >= 15 is 0 Å². The molecule has 0 spiro atoms. The fraction of sp³-hybridized carbons (Fsp3) is 0.222. The molecule has 2 aromatic carbocycles. The summed E-state index contributed by atoms with van der Waals surface area (Å²) in [5, 5.41) is 0. The van der Waals surface area contributed by atoms with Crippen LogP contribution in [0.4, 0.5) is 0 Å². The molecule has 0 amide bonds. The van der Waals surface area contributed by atoms with Gasteiger partial charge in [0.05, 0.1) is 12.7 Å². The Balaban J connectivity index is 2.04. The van der Waals surface area contributed by atoms with Gasteiger partial charge in [0, 0.05) is 0 Å². The average molecular weight is 252 g/mol. The molecule has 0 saturated carbocycles. The normalized spacial score (nSPS) is 12.1. The van der Waals surface area contributed by atoms with Crippen molar-refractivity contribution in [3.05, 3.63) is 83.9 Å². The Morgan fingerprint density at radius 2 is 1.74 bits per heavy atom. The number of aryl methyl sites for hydroxylation is 1. The summed E-state index contributed by atoms with van der Waals surface area (Å²) < 4.78 is 6.02. The Labute approximate surface area is 115 Å². The first kappa shape index (κ1) is 13.6. The molecule has 0 saturated heterocycles. The van der Waals surface area contributed by atoms with Crippen LogP contribution in [-0.2, 0) is 11.3 Å². The lowest BCUT2D eigenvalue weighted by Gasteiger charge is -2.17. The minimum absolute atomic E-state index is 0.0818. The van der Waals surface area contributed by atoms with Gasteiger partial charge in [-0.25, -0.2) is 0 Å². The highest BCUT2D eigenvalue weighted by atomic mass is 16.5. The van der Waals surface area contributed by atoms with Crippen LogP contribution in [0, 0.1) is 6.92 Å². The fourth-order valence-corrected chi connectivity index (χ4v) is 2.00. The topological polar surface area (TPSA) is 9.23 Å². The predicted octanol–water partition coefficient (Wildman–Crippen LogP) is 4.83. The van der Waals surface area contributed by atoms with Gasteiger partial charge in [-0.2, -0.15) is 0 Å². The van der Waals surface area contributed by atoms with E-state index in [1.54, 1.807) is 0 Å². The second kappa shape index (κ2) is 6.91. The second-order valence-electron chi connectivity index (χ2n) is 4.72. The lowest BCUT2D eigenvalue weighted by Crippen LogP contribution is -2.04. The Bertz CT molecular complexity index is 499. The third kappa shape index (κ3) is 4.08. The maximum atomic E-state index is 6.02. The highest BCUT2D eigenvalue weighted by Crippen LogP contribution is 2.23. The Morgan fingerprint density at radius 1 is 1.05 bits per heavy atom. The first-order chi connectivity index (χ1) is 9.29. The van der Waals surface area contributed by atoms with E-state index in [1.807, 2.05) is 24.3 Å². The van der Waals surface area contributed by atoms with Crippen LogP contribution >= 0.6 is 0 Å². The van der Waals surface area contributed by atoms with E-state index in [-0.39, 0.29) is 6.10 Å². The molecular formula is C18H20O. The van der Waals surface area contributed by atoms with Crippen molar-refractivity contribution in [1.29, 1.82) is 0 Å². The van der Waals surface area contributed by atoms with Gasteiger partial charge in [0.1, 0.15) is 0 Å². The molecule has 1 unspecified atom stereocenters. The van der Waals surface area contributed by atoms with Crippen LogP contribution in [0.3, 0.4) is 0 Å². The first-order valence-corrected chi connectivity index (χ1v) is 6.62. The number of hydrogen-bond acceptors (Lipinski definition) is 1. The van der Waals surface area contributed by atoms with E-state index in [4.69, 9.17) is 4.74 Å². The van der Waals surface area contributed by atoms with Crippen LogP contribution < -0.4 is 0 Å². The van der Waals surface area contributed by atoms with Gasteiger partial charge >= 0.3 is 0 Å². The summed E-state index contributed by atoms with van der Waals surface area (Å²) >= 11 is 0. The van der Waals surface area contributed by atoms with Gasteiger partial charge in [0.2, 0.25) is 0 Å². The molecule has 0 aromatic heterocycles. The average Bonchev–Trinajstić information content (AvgIpc) is 2.46. The summed E-state index contributed by atoms with van der Waals surface area (Å²) in [6.45, 7) is 6.55. The molecule has 0 bridgehead atoms. The van der Waals surface area contributed by atoms with Crippen LogP contribution in [0.2, 0.25) is 0 Å². The van der Waals surface area contributed by atoms with Crippen LogP contribution in [0.15, 0.2) is 67.3 Å². The molecule has 0 radical (unpaired) electrons. The van der Waals surface area contributed by atoms with Gasteiger partial charge < -0.3 is 4.74 Å². The summed E-state index contributed by atoms with van der Waals surface area (Å²) in [6.07, 6.45) is 2.82. The van der Waals surface area contributed by atoms with Crippen molar-refractivity contribution < 1.29 is 4.74 Å². The summed E-state index contributed by atoms with van der Waals surface area (Å²) in [6, 6.07) is 18.8. The Morgan fingerprint density at radius 3 is 2.37 bits per heavy atom. The Kier molecular flexibility index (Phi) is 4.93. The lowest BCUT2D eigenvalue weighted by molar-refractivity contribution is 0.0417. The SMILES string of the molecule is C=CCC(OCc1ccccc1)c1ccc(C)cc1. The van der Waals surface area contributed by atoms with Crippen molar-refractivity contribution in [3.63, 3.8) is 0 Å². The molecule has 98 valence electrons. The molecule has 0 aliphatic rings. The number of benzene rings is 2. The maximum Gasteiger partial charge on any atom is 0.0863 e. The van der Waals surface area contributed by atoms with Crippen molar-refractivity contribution in [2.24, 2.45) is 0 Å². The Hall–Kier alpha value is -1.86. The highest BCUT2D eigenvalue weighted by Gasteiger charge is 2.10. The van der Waals surface area contributed by atoms with Crippen molar-refractivity contribution in [1.82, 2.24) is 0 Å². The molecular weight excluding hydrogens is 232 g/mol. The number of hydrogen-bond donors (Lipinski definition) is 0. The zero-order valence-electron chi connectivity index (χ0n) is 11.4. The lowest BCUT2D eigenvalue weighted by atomic mass is 10.0. The van der Waals surface area contributed by atoms with Crippen molar-refractivity contribution in [3.8, 4) is 0 Å². The second-order valence-corrected chi connectivity index (χ2v) is 4.72. The van der Waals surface area contributed by atoms with Crippen molar-refractivity contribution in [2.45, 2.75) is 26.1 Å². The van der Waals surface area contributed by atoms with Gasteiger partial charge in [-0.15, -0.1) is 6.58 Å². The third-order valence-electron chi connectivity index (χ3n) is 3.12. The minimum atomic E-state index is 0.0818. The van der Waals surface area contributed by atoms with Gasteiger partial charge in [0.25, 0.3) is 0 Å². The monoisotopic (exact) mass is 252 g/mol. The van der Waals surface area contributed by atoms with Gasteiger partial charge in [0.15, 0.2) is 0 Å². The third-order valence-corrected chi connectivity index (χ3v) is 3.12. The summed E-state index contributed by atoms with van der Waals surface area (Å²) in [5.41, 5.74) is 3.68. The van der Waals surface area contributed by atoms with Gasteiger partial charge in [-0.05, 0) is 24.5 Å². The van der Waals surface area contributed by atoms with E-state index < -0.39 is 0 Å². The van der Waals surface area contributed by atoms with E-state index in [9.17, 15) is 0 Å². The van der Waals surface area contributed by atoms with E-state index in [2.05, 4.69) is 49.9 Å². The largest absolute Gasteiger partial charge is 0.369 e. The van der Waals surface area contributed by atoms with Crippen LogP contribution in [-0.4, -0.2) is 0 Å². The molecule has 1 nitrogen and oxygen atoms in total. The fourth-order valence-electron chi connectivity index (χ4n) is 2.00. The number of rotatable bonds is 6. The quantitative estimate of drug-likeness (QED) is 0.669. The van der Waals surface area contributed by atoms with Crippen molar-refractivity contribution >= 4 is 0 Å². The standard InChI is InChI=1S/C18H20O/c1-3-7-18(17-12-10-15(2)11-13-17)19-14-16-8-5-4-6-9-16/h3-6,8-13,18H,1,7,14H2,2H3. The van der Waals surface area contributed by atoms with Crippen molar-refractivity contribution in [2.75, 3.05) is 0 Å². The molecule has 1 atom stereocenters. The molecule has 2 aromatic rings. The maximum absolute atomic E-state index is 6.02. The first-order valence-electron chi connectivity index (χ1n) is 6.62. The molecule has 0 N–H and O–H groups in total. The van der Waals surface area contributed by atoms with Crippen LogP contribution in [0.25, 0.3) is 0 Å². The van der Waals surface area contributed by atoms with Crippen LogP contribution in [0.1, 0.15) is 29.2 Å². The number of ether oxygens (including phenoxy) is 1. The zero-order valence-corrected chi connectivity index (χ0v) is 11.4. The smallest absolute Gasteiger partial charge is 0.0863 e. The predicted molar refractivity (Wildman–Crippen MR) is 80.0 cm³/mol. The highest BCUT2D eigenvalue weighted by molar-refractivity contribution is 5.24. The van der Waals surface area contributed by atoms with E-state index in [0.29, 0.717) is 6.61 Å². The van der Waals surface area contributed by atoms with E-state index in [1.165, 1.54) is 16.7 Å². The summed E-state index contributed by atoms with van der Waals surface area (Å²) in [5.74, 6) is 0. The molecule has 2 rings (SSSR count). The van der Waals surface area contributed by atoms with E-state index in [0.717, 1.165) is 6.42 Å². The summed E-state index contributed by atoms with van der Waals surface area (Å²) in [4.78, 5) is 0. The zero-order chi connectivity index (χ0) is 13.5. The molecule has 0 aliphatic carbocycles. The minimum Gasteiger partial charge on any atom is -0.369 e. The molecule has 0 aliphatic heterocycles. The summed E-state index contributed by atoms with van der Waals surface area (Å²) in [7, 11) is 0. The molecule has 1 heteroatoms. The molecule has 0 heterocycles. The van der Waals surface area contributed by atoms with Gasteiger partial charge in [-0.3, -0.25) is 0 Å². The molecule has 0 fully saturated rings. The molecule has 19 heavy (non-hydrogen) atoms.